The van der Waals surface area contributed by atoms with E-state index in [0.29, 0.717) is 18.8 Å². The van der Waals surface area contributed by atoms with Crippen LogP contribution in [0.4, 0.5) is 4.39 Å². The molecule has 0 unspecified atom stereocenters. The maximum Gasteiger partial charge on any atom is 0.139 e. The third-order valence-electron chi connectivity index (χ3n) is 2.88. The van der Waals surface area contributed by atoms with Crippen LogP contribution in [0.1, 0.15) is 23.1 Å². The number of benzene rings is 1. The average Bonchev–Trinajstić information content (AvgIpc) is 2.47. The van der Waals surface area contributed by atoms with Gasteiger partial charge in [-0.3, -0.25) is 4.98 Å². The molecule has 1 aromatic heterocycles. The third-order valence-corrected chi connectivity index (χ3v) is 2.88. The monoisotopic (exact) mass is 285 g/mol. The molecule has 1 N–H and O–H groups in total. The number of aliphatic hydroxyl groups is 1. The molecule has 3 nitrogen and oxygen atoms in total. The quantitative estimate of drug-likeness (QED) is 0.878. The molecule has 1 aromatic carbocycles. The van der Waals surface area contributed by atoms with Crippen molar-refractivity contribution in [2.75, 3.05) is 6.61 Å². The normalized spacial score (nSPS) is 9.86. The standard InChI is InChI=1S/C17H16FNO2/c1-13-8-16(18)6-5-15(13)12-21-17-9-14(10-19-11-17)4-2-3-7-20/h5-6,8-11,20H,3,7,12H2,1H3. The number of halogens is 1. The molecule has 2 rings (SSSR count). The fraction of sp³-hybridized carbons (Fsp3) is 0.235. The van der Waals surface area contributed by atoms with Gasteiger partial charge in [-0.25, -0.2) is 4.39 Å². The number of ether oxygens (including phenoxy) is 1. The van der Waals surface area contributed by atoms with Gasteiger partial charge in [0, 0.05) is 18.2 Å². The summed E-state index contributed by atoms with van der Waals surface area (Å²) >= 11 is 0. The molecule has 0 bridgehead atoms. The fourth-order valence-electron chi connectivity index (χ4n) is 1.77. The highest BCUT2D eigenvalue weighted by molar-refractivity contribution is 5.37. The average molecular weight is 285 g/mol. The van der Waals surface area contributed by atoms with Crippen molar-refractivity contribution in [2.45, 2.75) is 20.0 Å². The first-order chi connectivity index (χ1) is 10.2. The summed E-state index contributed by atoms with van der Waals surface area (Å²) in [7, 11) is 0. The Balaban J connectivity index is 2.03. The summed E-state index contributed by atoms with van der Waals surface area (Å²) in [5.74, 6) is 6.09. The van der Waals surface area contributed by atoms with Crippen LogP contribution in [0.2, 0.25) is 0 Å². The van der Waals surface area contributed by atoms with Gasteiger partial charge in [0.15, 0.2) is 0 Å². The number of nitrogens with zero attached hydrogens (tertiary/aromatic N) is 1. The molecule has 0 aliphatic rings. The van der Waals surface area contributed by atoms with Crippen LogP contribution in [0.15, 0.2) is 36.7 Å². The second-order valence-corrected chi connectivity index (χ2v) is 4.54. The first-order valence-electron chi connectivity index (χ1n) is 6.61. The lowest BCUT2D eigenvalue weighted by atomic mass is 10.1. The Morgan fingerprint density at radius 1 is 1.29 bits per heavy atom. The fourth-order valence-corrected chi connectivity index (χ4v) is 1.77. The molecule has 21 heavy (non-hydrogen) atoms. The van der Waals surface area contributed by atoms with Gasteiger partial charge in [-0.05, 0) is 36.2 Å². The lowest BCUT2D eigenvalue weighted by Gasteiger charge is -2.08. The number of pyridine rings is 1. The van der Waals surface area contributed by atoms with E-state index < -0.39 is 0 Å². The third kappa shape index (κ3) is 4.59. The van der Waals surface area contributed by atoms with Gasteiger partial charge in [-0.15, -0.1) is 0 Å². The summed E-state index contributed by atoms with van der Waals surface area (Å²) < 4.78 is 18.7. The van der Waals surface area contributed by atoms with Gasteiger partial charge in [-0.2, -0.15) is 0 Å². The molecule has 0 atom stereocenters. The van der Waals surface area contributed by atoms with Gasteiger partial charge in [0.1, 0.15) is 18.2 Å². The molecule has 2 aromatic rings. The predicted octanol–water partition coefficient (Wildman–Crippen LogP) is 2.84. The molecule has 0 aliphatic heterocycles. The zero-order valence-electron chi connectivity index (χ0n) is 11.8. The highest BCUT2D eigenvalue weighted by atomic mass is 19.1. The Kier molecular flexibility index (Phi) is 5.30. The molecular formula is C17H16FNO2. The molecule has 108 valence electrons. The van der Waals surface area contributed by atoms with Crippen molar-refractivity contribution < 1.29 is 14.2 Å². The van der Waals surface area contributed by atoms with Gasteiger partial charge in [0.05, 0.1) is 12.8 Å². The van der Waals surface area contributed by atoms with Crippen LogP contribution in [0.25, 0.3) is 0 Å². The highest BCUT2D eigenvalue weighted by Gasteiger charge is 2.02. The molecule has 1 heterocycles. The van der Waals surface area contributed by atoms with Crippen LogP contribution < -0.4 is 4.74 Å². The number of aromatic nitrogens is 1. The molecule has 0 radical (unpaired) electrons. The lowest BCUT2D eigenvalue weighted by Crippen LogP contribution is -1.99. The largest absolute Gasteiger partial charge is 0.487 e. The van der Waals surface area contributed by atoms with E-state index in [4.69, 9.17) is 9.84 Å². The molecule has 0 saturated heterocycles. The molecular weight excluding hydrogens is 269 g/mol. The van der Waals surface area contributed by atoms with Gasteiger partial charge in [0.2, 0.25) is 0 Å². The van der Waals surface area contributed by atoms with Crippen LogP contribution in [-0.4, -0.2) is 16.7 Å². The van der Waals surface area contributed by atoms with Crippen molar-refractivity contribution in [3.8, 4) is 17.6 Å². The van der Waals surface area contributed by atoms with Crippen LogP contribution in [-0.2, 0) is 6.61 Å². The highest BCUT2D eigenvalue weighted by Crippen LogP contribution is 2.15. The Hall–Kier alpha value is -2.38. The Morgan fingerprint density at radius 2 is 2.14 bits per heavy atom. The molecule has 0 fully saturated rings. The van der Waals surface area contributed by atoms with Gasteiger partial charge < -0.3 is 9.84 Å². The molecule has 4 heteroatoms. The Morgan fingerprint density at radius 3 is 2.90 bits per heavy atom. The van der Waals surface area contributed by atoms with E-state index in [2.05, 4.69) is 16.8 Å². The van der Waals surface area contributed by atoms with E-state index in [1.54, 1.807) is 24.5 Å². The predicted molar refractivity (Wildman–Crippen MR) is 78.3 cm³/mol. The Bertz CT molecular complexity index is 674. The topological polar surface area (TPSA) is 42.4 Å². The summed E-state index contributed by atoms with van der Waals surface area (Å²) in [5.41, 5.74) is 2.51. The van der Waals surface area contributed by atoms with Crippen molar-refractivity contribution in [1.29, 1.82) is 0 Å². The van der Waals surface area contributed by atoms with E-state index in [1.807, 2.05) is 6.92 Å². The van der Waals surface area contributed by atoms with Crippen molar-refractivity contribution in [3.63, 3.8) is 0 Å². The second kappa shape index (κ2) is 7.41. The number of aliphatic hydroxyl groups excluding tert-OH is 1. The van der Waals surface area contributed by atoms with Crippen molar-refractivity contribution >= 4 is 0 Å². The molecule has 0 spiro atoms. The summed E-state index contributed by atoms with van der Waals surface area (Å²) in [4.78, 5) is 4.06. The number of aryl methyl sites for hydroxylation is 1. The van der Waals surface area contributed by atoms with E-state index in [9.17, 15) is 4.39 Å². The summed E-state index contributed by atoms with van der Waals surface area (Å²) in [6.07, 6.45) is 3.68. The first-order valence-corrected chi connectivity index (χ1v) is 6.61. The van der Waals surface area contributed by atoms with Crippen LogP contribution in [0, 0.1) is 24.6 Å². The number of hydrogen-bond acceptors (Lipinski definition) is 3. The zero-order chi connectivity index (χ0) is 15.1. The van der Waals surface area contributed by atoms with E-state index >= 15 is 0 Å². The minimum Gasteiger partial charge on any atom is -0.487 e. The zero-order valence-corrected chi connectivity index (χ0v) is 11.8. The molecule has 0 aliphatic carbocycles. The first kappa shape index (κ1) is 15.0. The van der Waals surface area contributed by atoms with E-state index in [1.165, 1.54) is 12.1 Å². The maximum atomic E-state index is 13.0. The minimum atomic E-state index is -0.251. The van der Waals surface area contributed by atoms with Crippen molar-refractivity contribution in [2.24, 2.45) is 0 Å². The SMILES string of the molecule is Cc1cc(F)ccc1COc1cncc(C#CCCO)c1. The summed E-state index contributed by atoms with van der Waals surface area (Å²) in [5, 5.41) is 8.69. The van der Waals surface area contributed by atoms with Crippen molar-refractivity contribution in [1.82, 2.24) is 4.98 Å². The van der Waals surface area contributed by atoms with Gasteiger partial charge in [0.25, 0.3) is 0 Å². The minimum absolute atomic E-state index is 0.0421. The van der Waals surface area contributed by atoms with E-state index in [0.717, 1.165) is 16.7 Å². The molecule has 0 saturated carbocycles. The van der Waals surface area contributed by atoms with E-state index in [-0.39, 0.29) is 12.4 Å². The van der Waals surface area contributed by atoms with Gasteiger partial charge >= 0.3 is 0 Å². The molecule has 0 amide bonds. The number of hydrogen-bond donors (Lipinski definition) is 1. The Labute approximate surface area is 123 Å². The van der Waals surface area contributed by atoms with Crippen LogP contribution in [0.3, 0.4) is 0 Å². The van der Waals surface area contributed by atoms with Crippen molar-refractivity contribution in [3.05, 3.63) is 59.2 Å². The summed E-state index contributed by atoms with van der Waals surface area (Å²) in [6.45, 7) is 2.23. The smallest absolute Gasteiger partial charge is 0.139 e. The van der Waals surface area contributed by atoms with Gasteiger partial charge in [-0.1, -0.05) is 17.9 Å². The van der Waals surface area contributed by atoms with Crippen LogP contribution >= 0.6 is 0 Å². The maximum absolute atomic E-state index is 13.0. The lowest BCUT2D eigenvalue weighted by molar-refractivity contribution is 0.304. The number of rotatable bonds is 4. The summed E-state index contributed by atoms with van der Waals surface area (Å²) in [6, 6.07) is 6.40. The van der Waals surface area contributed by atoms with Crippen LogP contribution in [0.5, 0.6) is 5.75 Å². The second-order valence-electron chi connectivity index (χ2n) is 4.54.